The molecule has 0 aromatic heterocycles. The molecule has 1 N–H and O–H groups in total. The van der Waals surface area contributed by atoms with Crippen molar-refractivity contribution in [1.29, 1.82) is 0 Å². The van der Waals surface area contributed by atoms with Gasteiger partial charge in [0.2, 0.25) is 0 Å². The van der Waals surface area contributed by atoms with Crippen LogP contribution < -0.4 is 5.32 Å². The minimum Gasteiger partial charge on any atom is -0.380 e. The van der Waals surface area contributed by atoms with Gasteiger partial charge in [0.1, 0.15) is 0 Å². The summed E-state index contributed by atoms with van der Waals surface area (Å²) in [5.41, 5.74) is 0. The Balaban J connectivity index is 2.16. The topological polar surface area (TPSA) is 21.3 Å². The number of halogens is 1. The lowest BCUT2D eigenvalue weighted by atomic mass is 10.2. The molecule has 0 radical (unpaired) electrons. The highest BCUT2D eigenvalue weighted by Crippen LogP contribution is 2.06. The molecule has 0 amide bonds. The van der Waals surface area contributed by atoms with E-state index in [1.54, 1.807) is 0 Å². The molecule has 1 aliphatic heterocycles. The van der Waals surface area contributed by atoms with Gasteiger partial charge in [-0.2, -0.15) is 0 Å². The molecule has 0 bridgehead atoms. The van der Waals surface area contributed by atoms with E-state index < -0.39 is 0 Å². The van der Waals surface area contributed by atoms with E-state index in [0.717, 1.165) is 26.1 Å². The van der Waals surface area contributed by atoms with Gasteiger partial charge in [-0.15, -0.1) is 11.6 Å². The van der Waals surface area contributed by atoms with E-state index in [-0.39, 0.29) is 0 Å². The third-order valence-corrected chi connectivity index (χ3v) is 2.45. The second-order valence-corrected chi connectivity index (χ2v) is 3.30. The van der Waals surface area contributed by atoms with Crippen molar-refractivity contribution in [3.8, 4) is 0 Å². The van der Waals surface area contributed by atoms with Crippen LogP contribution in [-0.4, -0.2) is 31.2 Å². The summed E-state index contributed by atoms with van der Waals surface area (Å²) in [5, 5.41) is 3.46. The van der Waals surface area contributed by atoms with Gasteiger partial charge < -0.3 is 10.1 Å². The SMILES string of the molecule is CCC(CCl)NC1CCOC1. The van der Waals surface area contributed by atoms with Crippen molar-refractivity contribution in [1.82, 2.24) is 5.32 Å². The van der Waals surface area contributed by atoms with E-state index >= 15 is 0 Å². The van der Waals surface area contributed by atoms with Crippen LogP contribution >= 0.6 is 11.6 Å². The molecule has 66 valence electrons. The Hall–Kier alpha value is 0.210. The van der Waals surface area contributed by atoms with Gasteiger partial charge in [-0.05, 0) is 12.8 Å². The van der Waals surface area contributed by atoms with Crippen LogP contribution in [0.1, 0.15) is 19.8 Å². The van der Waals surface area contributed by atoms with Gasteiger partial charge in [-0.1, -0.05) is 6.92 Å². The van der Waals surface area contributed by atoms with Crippen LogP contribution in [0.4, 0.5) is 0 Å². The van der Waals surface area contributed by atoms with Crippen LogP contribution in [-0.2, 0) is 4.74 Å². The molecule has 0 spiro atoms. The Labute approximate surface area is 73.3 Å². The molecule has 2 unspecified atom stereocenters. The molecule has 1 rings (SSSR count). The Kier molecular flexibility index (Phi) is 4.20. The summed E-state index contributed by atoms with van der Waals surface area (Å²) in [6.07, 6.45) is 2.23. The molecule has 2 atom stereocenters. The monoisotopic (exact) mass is 177 g/mol. The third kappa shape index (κ3) is 2.97. The van der Waals surface area contributed by atoms with E-state index in [4.69, 9.17) is 16.3 Å². The second kappa shape index (κ2) is 4.96. The minimum absolute atomic E-state index is 0.461. The fraction of sp³-hybridized carbons (Fsp3) is 1.00. The quantitative estimate of drug-likeness (QED) is 0.656. The summed E-state index contributed by atoms with van der Waals surface area (Å²) in [5.74, 6) is 0.701. The highest BCUT2D eigenvalue weighted by Gasteiger charge is 2.17. The summed E-state index contributed by atoms with van der Waals surface area (Å²) in [7, 11) is 0. The zero-order chi connectivity index (χ0) is 8.10. The highest BCUT2D eigenvalue weighted by molar-refractivity contribution is 6.18. The maximum absolute atomic E-state index is 5.74. The fourth-order valence-electron chi connectivity index (χ4n) is 1.27. The zero-order valence-corrected chi connectivity index (χ0v) is 7.73. The van der Waals surface area contributed by atoms with Crippen molar-refractivity contribution in [2.75, 3.05) is 19.1 Å². The van der Waals surface area contributed by atoms with Crippen LogP contribution in [0.15, 0.2) is 0 Å². The maximum Gasteiger partial charge on any atom is 0.0620 e. The van der Waals surface area contributed by atoms with E-state index in [1.807, 2.05) is 0 Å². The molecule has 2 nitrogen and oxygen atoms in total. The van der Waals surface area contributed by atoms with Gasteiger partial charge in [0.05, 0.1) is 6.61 Å². The van der Waals surface area contributed by atoms with Gasteiger partial charge in [-0.25, -0.2) is 0 Å². The molecule has 0 saturated carbocycles. The predicted octanol–water partition coefficient (Wildman–Crippen LogP) is 1.38. The number of rotatable bonds is 4. The highest BCUT2D eigenvalue weighted by atomic mass is 35.5. The Bertz CT molecular complexity index is 100. The van der Waals surface area contributed by atoms with Crippen LogP contribution in [0.5, 0.6) is 0 Å². The molecular weight excluding hydrogens is 162 g/mol. The molecule has 1 fully saturated rings. The molecule has 3 heteroatoms. The Morgan fingerprint density at radius 1 is 1.73 bits per heavy atom. The van der Waals surface area contributed by atoms with Crippen LogP contribution in [0, 0.1) is 0 Å². The summed E-state index contributed by atoms with van der Waals surface area (Å²) >= 11 is 5.74. The van der Waals surface area contributed by atoms with Crippen molar-refractivity contribution in [2.45, 2.75) is 31.8 Å². The molecule has 0 aliphatic carbocycles. The Morgan fingerprint density at radius 2 is 2.55 bits per heavy atom. The molecular formula is C8H16ClNO. The van der Waals surface area contributed by atoms with Crippen LogP contribution in [0.3, 0.4) is 0 Å². The summed E-state index contributed by atoms with van der Waals surface area (Å²) < 4.78 is 5.24. The van der Waals surface area contributed by atoms with Gasteiger partial charge in [-0.3, -0.25) is 0 Å². The molecule has 1 saturated heterocycles. The zero-order valence-electron chi connectivity index (χ0n) is 6.98. The summed E-state index contributed by atoms with van der Waals surface area (Å²) in [6.45, 7) is 3.90. The standard InChI is InChI=1S/C8H16ClNO/c1-2-7(5-9)10-8-3-4-11-6-8/h7-8,10H,2-6H2,1H3. The molecule has 1 heterocycles. The predicted molar refractivity (Wildman–Crippen MR) is 47.2 cm³/mol. The number of ether oxygens (including phenoxy) is 1. The van der Waals surface area contributed by atoms with E-state index in [2.05, 4.69) is 12.2 Å². The average Bonchev–Trinajstić information content (AvgIpc) is 2.52. The number of nitrogens with one attached hydrogen (secondary N) is 1. The summed E-state index contributed by atoms with van der Waals surface area (Å²) in [4.78, 5) is 0. The average molecular weight is 178 g/mol. The Morgan fingerprint density at radius 3 is 3.00 bits per heavy atom. The first-order valence-electron chi connectivity index (χ1n) is 4.26. The van der Waals surface area contributed by atoms with E-state index in [9.17, 15) is 0 Å². The van der Waals surface area contributed by atoms with Crippen molar-refractivity contribution in [3.05, 3.63) is 0 Å². The van der Waals surface area contributed by atoms with Crippen molar-refractivity contribution in [2.24, 2.45) is 0 Å². The van der Waals surface area contributed by atoms with E-state index in [1.165, 1.54) is 0 Å². The van der Waals surface area contributed by atoms with Crippen molar-refractivity contribution in [3.63, 3.8) is 0 Å². The smallest absolute Gasteiger partial charge is 0.0620 e. The molecule has 1 aliphatic rings. The van der Waals surface area contributed by atoms with Gasteiger partial charge in [0, 0.05) is 24.6 Å². The molecule has 11 heavy (non-hydrogen) atoms. The first kappa shape index (κ1) is 9.30. The summed E-state index contributed by atoms with van der Waals surface area (Å²) in [6, 6.07) is 1.00. The van der Waals surface area contributed by atoms with Crippen molar-refractivity contribution < 1.29 is 4.74 Å². The van der Waals surface area contributed by atoms with Crippen LogP contribution in [0.2, 0.25) is 0 Å². The third-order valence-electron chi connectivity index (χ3n) is 2.08. The van der Waals surface area contributed by atoms with E-state index in [0.29, 0.717) is 18.0 Å². The number of hydrogen-bond donors (Lipinski definition) is 1. The first-order chi connectivity index (χ1) is 5.36. The van der Waals surface area contributed by atoms with Crippen molar-refractivity contribution >= 4 is 11.6 Å². The number of hydrogen-bond acceptors (Lipinski definition) is 2. The second-order valence-electron chi connectivity index (χ2n) is 2.99. The van der Waals surface area contributed by atoms with Crippen LogP contribution in [0.25, 0.3) is 0 Å². The largest absolute Gasteiger partial charge is 0.380 e. The number of alkyl halides is 1. The lowest BCUT2D eigenvalue weighted by Gasteiger charge is -2.17. The molecule has 0 aromatic rings. The van der Waals surface area contributed by atoms with Gasteiger partial charge >= 0.3 is 0 Å². The maximum atomic E-state index is 5.74. The van der Waals surface area contributed by atoms with Gasteiger partial charge in [0.15, 0.2) is 0 Å². The normalized spacial score (nSPS) is 27.3. The lowest BCUT2D eigenvalue weighted by molar-refractivity contribution is 0.188. The first-order valence-corrected chi connectivity index (χ1v) is 4.80. The molecule has 0 aromatic carbocycles. The lowest BCUT2D eigenvalue weighted by Crippen LogP contribution is -2.39. The van der Waals surface area contributed by atoms with Gasteiger partial charge in [0.25, 0.3) is 0 Å². The fourth-order valence-corrected chi connectivity index (χ4v) is 1.58. The minimum atomic E-state index is 0.461.